The highest BCUT2D eigenvalue weighted by molar-refractivity contribution is 7.88. The van der Waals surface area contributed by atoms with E-state index in [2.05, 4.69) is 36.5 Å². The van der Waals surface area contributed by atoms with E-state index >= 15 is 0 Å². The van der Waals surface area contributed by atoms with Crippen LogP contribution in [0.15, 0.2) is 36.4 Å². The van der Waals surface area contributed by atoms with Crippen LogP contribution in [0, 0.1) is 5.92 Å². The van der Waals surface area contributed by atoms with Crippen molar-refractivity contribution in [2.45, 2.75) is 45.6 Å². The van der Waals surface area contributed by atoms with Crippen LogP contribution >= 0.6 is 0 Å². The van der Waals surface area contributed by atoms with E-state index in [0.29, 0.717) is 22.9 Å². The van der Waals surface area contributed by atoms with E-state index in [0.717, 1.165) is 41.3 Å². The number of H-pyrrole nitrogens is 1. The molecule has 0 spiro atoms. The molecule has 180 valence electrons. The maximum atomic E-state index is 13.5. The molecular formula is C25H29N3O5S. The van der Waals surface area contributed by atoms with E-state index < -0.39 is 10.0 Å². The van der Waals surface area contributed by atoms with Crippen LogP contribution in [0.5, 0.6) is 11.5 Å². The van der Waals surface area contributed by atoms with Crippen molar-refractivity contribution in [3.8, 4) is 11.5 Å². The molecule has 1 amide bonds. The molecule has 2 aromatic carbocycles. The van der Waals surface area contributed by atoms with Crippen molar-refractivity contribution in [3.05, 3.63) is 47.7 Å². The number of nitrogens with one attached hydrogen (secondary N) is 2. The summed E-state index contributed by atoms with van der Waals surface area (Å²) in [6, 6.07) is 11.4. The molecule has 0 atom stereocenters. The fourth-order valence-corrected chi connectivity index (χ4v) is 4.54. The predicted octanol–water partition coefficient (Wildman–Crippen LogP) is 4.32. The summed E-state index contributed by atoms with van der Waals surface area (Å²) in [6.45, 7) is 6.61. The maximum Gasteiger partial charge on any atom is 0.234 e. The molecule has 0 saturated heterocycles. The Labute approximate surface area is 199 Å². The van der Waals surface area contributed by atoms with Crippen molar-refractivity contribution in [1.29, 1.82) is 0 Å². The van der Waals surface area contributed by atoms with E-state index in [1.165, 1.54) is 0 Å². The Morgan fingerprint density at radius 3 is 2.50 bits per heavy atom. The lowest BCUT2D eigenvalue weighted by Gasteiger charge is -2.24. The molecule has 8 nitrogen and oxygen atoms in total. The first kappa shape index (κ1) is 22.7. The third-order valence-electron chi connectivity index (χ3n) is 6.15. The molecule has 34 heavy (non-hydrogen) atoms. The van der Waals surface area contributed by atoms with E-state index in [1.54, 1.807) is 4.90 Å². The number of carbonyl (C=O) groups is 1. The molecule has 1 fully saturated rings. The minimum Gasteiger partial charge on any atom is -0.454 e. The molecule has 2 aliphatic rings. The van der Waals surface area contributed by atoms with Crippen LogP contribution < -0.4 is 19.1 Å². The topological polar surface area (TPSA) is 101 Å². The Hall–Kier alpha value is -3.04. The summed E-state index contributed by atoms with van der Waals surface area (Å²) >= 11 is 0. The average Bonchev–Trinajstić information content (AvgIpc) is 3.33. The van der Waals surface area contributed by atoms with Crippen LogP contribution in [0.25, 0.3) is 10.9 Å². The Balaban J connectivity index is 1.66. The van der Waals surface area contributed by atoms with Crippen molar-refractivity contribution in [2.75, 3.05) is 17.9 Å². The molecule has 1 aliphatic carbocycles. The Morgan fingerprint density at radius 1 is 1.09 bits per heavy atom. The standard InChI is InChI=1S/C25H29N3O5S/c1-25(2,3)22-11-16-9-19(10-17(23(16)27-22)13-26-34(4,30)31)28(24(29)15-5-6-15)18-7-8-20-21(12-18)33-14-32-20/h7-12,15,26-27H,5-6,13-14H2,1-4H3. The zero-order chi connectivity index (χ0) is 24.3. The Bertz CT molecular complexity index is 1380. The number of hydrogen-bond acceptors (Lipinski definition) is 5. The van der Waals surface area contributed by atoms with Gasteiger partial charge < -0.3 is 14.5 Å². The molecule has 2 N–H and O–H groups in total. The van der Waals surface area contributed by atoms with Crippen molar-refractivity contribution in [1.82, 2.24) is 9.71 Å². The normalized spacial score (nSPS) is 15.6. The average molecular weight is 484 g/mol. The summed E-state index contributed by atoms with van der Waals surface area (Å²) in [5.74, 6) is 1.25. The van der Waals surface area contributed by atoms with Gasteiger partial charge in [-0.3, -0.25) is 9.69 Å². The molecule has 0 bridgehead atoms. The number of rotatable bonds is 6. The summed E-state index contributed by atoms with van der Waals surface area (Å²) in [7, 11) is -3.40. The largest absolute Gasteiger partial charge is 0.454 e. The van der Waals surface area contributed by atoms with Crippen molar-refractivity contribution in [3.63, 3.8) is 0 Å². The number of sulfonamides is 1. The van der Waals surface area contributed by atoms with E-state index in [9.17, 15) is 13.2 Å². The molecule has 1 saturated carbocycles. The predicted molar refractivity (Wildman–Crippen MR) is 131 cm³/mol. The third-order valence-corrected chi connectivity index (χ3v) is 6.82. The summed E-state index contributed by atoms with van der Waals surface area (Å²) < 4.78 is 37.3. The number of hydrogen-bond donors (Lipinski definition) is 2. The molecule has 2 heterocycles. The minimum atomic E-state index is -3.40. The van der Waals surface area contributed by atoms with Crippen molar-refractivity contribution < 1.29 is 22.7 Å². The SMILES string of the molecule is CC(C)(C)c1cc2cc(N(C(=O)C3CC3)c3ccc4c(c3)OCO4)cc(CNS(C)(=O)=O)c2[nH]1. The van der Waals surface area contributed by atoms with Gasteiger partial charge in [-0.15, -0.1) is 0 Å². The van der Waals surface area contributed by atoms with Crippen LogP contribution in [-0.2, 0) is 26.8 Å². The number of nitrogens with zero attached hydrogens (tertiary/aromatic N) is 1. The van der Waals surface area contributed by atoms with Gasteiger partial charge in [0, 0.05) is 40.7 Å². The zero-order valence-corrected chi connectivity index (χ0v) is 20.6. The summed E-state index contributed by atoms with van der Waals surface area (Å²) in [4.78, 5) is 18.7. The van der Waals surface area contributed by atoms with Gasteiger partial charge in [0.05, 0.1) is 17.5 Å². The van der Waals surface area contributed by atoms with Crippen LogP contribution in [-0.4, -0.2) is 32.4 Å². The highest BCUT2D eigenvalue weighted by Crippen LogP contribution is 2.42. The smallest absolute Gasteiger partial charge is 0.234 e. The summed E-state index contributed by atoms with van der Waals surface area (Å²) in [6.07, 6.45) is 2.87. The number of fused-ring (bicyclic) bond motifs is 2. The van der Waals surface area contributed by atoms with Gasteiger partial charge in [0.25, 0.3) is 0 Å². The van der Waals surface area contributed by atoms with E-state index in [1.807, 2.05) is 30.3 Å². The highest BCUT2D eigenvalue weighted by Gasteiger charge is 2.36. The first-order chi connectivity index (χ1) is 16.0. The van der Waals surface area contributed by atoms with Gasteiger partial charge in [-0.1, -0.05) is 20.8 Å². The number of amides is 1. The number of carbonyl (C=O) groups excluding carboxylic acids is 1. The molecule has 1 aliphatic heterocycles. The molecule has 5 rings (SSSR count). The number of aromatic amines is 1. The van der Waals surface area contributed by atoms with Gasteiger partial charge in [0.15, 0.2) is 11.5 Å². The van der Waals surface area contributed by atoms with Gasteiger partial charge in [-0.2, -0.15) is 0 Å². The lowest BCUT2D eigenvalue weighted by molar-refractivity contribution is -0.119. The summed E-state index contributed by atoms with van der Waals surface area (Å²) in [5.41, 5.74) is 3.91. The Morgan fingerprint density at radius 2 is 1.82 bits per heavy atom. The molecule has 0 unspecified atom stereocenters. The van der Waals surface area contributed by atoms with Gasteiger partial charge in [-0.25, -0.2) is 13.1 Å². The second kappa shape index (κ2) is 8.02. The number of aromatic nitrogens is 1. The van der Waals surface area contributed by atoms with Crippen LogP contribution in [0.3, 0.4) is 0 Å². The fourth-order valence-electron chi connectivity index (χ4n) is 4.12. The lowest BCUT2D eigenvalue weighted by Crippen LogP contribution is -2.28. The minimum absolute atomic E-state index is 0.0184. The third kappa shape index (κ3) is 4.50. The fraction of sp³-hybridized carbons (Fsp3) is 0.400. The molecule has 1 aromatic heterocycles. The second-order valence-electron chi connectivity index (χ2n) is 10.1. The number of benzene rings is 2. The monoisotopic (exact) mass is 483 g/mol. The first-order valence-electron chi connectivity index (χ1n) is 11.3. The molecule has 0 radical (unpaired) electrons. The van der Waals surface area contributed by atoms with Gasteiger partial charge >= 0.3 is 0 Å². The zero-order valence-electron chi connectivity index (χ0n) is 19.8. The quantitative estimate of drug-likeness (QED) is 0.544. The second-order valence-corrected chi connectivity index (χ2v) is 11.9. The van der Waals surface area contributed by atoms with Crippen LogP contribution in [0.2, 0.25) is 0 Å². The van der Waals surface area contributed by atoms with Crippen LogP contribution in [0.4, 0.5) is 11.4 Å². The number of anilines is 2. The Kier molecular flexibility index (Phi) is 5.37. The van der Waals surface area contributed by atoms with E-state index in [4.69, 9.17) is 9.47 Å². The van der Waals surface area contributed by atoms with E-state index in [-0.39, 0.29) is 30.6 Å². The summed E-state index contributed by atoms with van der Waals surface area (Å²) in [5, 5.41) is 0.919. The first-order valence-corrected chi connectivity index (χ1v) is 13.2. The number of ether oxygens (including phenoxy) is 2. The van der Waals surface area contributed by atoms with Crippen LogP contribution in [0.1, 0.15) is 44.9 Å². The molecule has 9 heteroatoms. The molecule has 3 aromatic rings. The van der Waals surface area contributed by atoms with Gasteiger partial charge in [-0.05, 0) is 48.7 Å². The van der Waals surface area contributed by atoms with Gasteiger partial charge in [0.2, 0.25) is 22.7 Å². The molecular weight excluding hydrogens is 454 g/mol. The van der Waals surface area contributed by atoms with Gasteiger partial charge in [0.1, 0.15) is 0 Å². The highest BCUT2D eigenvalue weighted by atomic mass is 32.2. The van der Waals surface area contributed by atoms with Crippen molar-refractivity contribution in [2.24, 2.45) is 5.92 Å². The van der Waals surface area contributed by atoms with Crippen molar-refractivity contribution >= 4 is 38.2 Å². The maximum absolute atomic E-state index is 13.5. The lowest BCUT2D eigenvalue weighted by atomic mass is 9.92.